The molecule has 0 aromatic carbocycles. The number of amidine groups is 1. The number of nitrogens with two attached hydrogens (primary N) is 1. The van der Waals surface area contributed by atoms with Crippen molar-refractivity contribution >= 4 is 5.84 Å². The van der Waals surface area contributed by atoms with E-state index >= 15 is 0 Å². The van der Waals surface area contributed by atoms with Crippen LogP contribution in [0.25, 0.3) is 0 Å². The van der Waals surface area contributed by atoms with Crippen molar-refractivity contribution < 1.29 is 0 Å². The van der Waals surface area contributed by atoms with Crippen molar-refractivity contribution in [3.8, 4) is 0 Å². The highest BCUT2D eigenvalue weighted by Crippen LogP contribution is 2.01. The molecule has 96 valence electrons. The molecule has 0 amide bonds. The molecule has 0 unspecified atom stereocenters. The van der Waals surface area contributed by atoms with Gasteiger partial charge in [0, 0.05) is 26.1 Å². The first-order valence-electron chi connectivity index (χ1n) is 6.11. The molecule has 0 heterocycles. The minimum Gasteiger partial charge on any atom is -0.388 e. The van der Waals surface area contributed by atoms with E-state index < -0.39 is 0 Å². The molecule has 0 fully saturated rings. The predicted octanol–water partition coefficient (Wildman–Crippen LogP) is 1.22. The largest absolute Gasteiger partial charge is 0.388 e. The van der Waals surface area contributed by atoms with Gasteiger partial charge in [-0.3, -0.25) is 5.41 Å². The molecule has 4 heteroatoms. The summed E-state index contributed by atoms with van der Waals surface area (Å²) in [5.74, 6) is 0.997. The van der Waals surface area contributed by atoms with E-state index in [4.69, 9.17) is 11.1 Å². The summed E-state index contributed by atoms with van der Waals surface area (Å²) in [6.45, 7) is 8.86. The highest BCUT2D eigenvalue weighted by molar-refractivity contribution is 5.76. The number of hydrogen-bond acceptors (Lipinski definition) is 3. The Balaban J connectivity index is 3.85. The third-order valence-corrected chi connectivity index (χ3v) is 2.41. The Morgan fingerprint density at radius 2 is 1.81 bits per heavy atom. The molecular formula is C12H28N4. The number of likely N-dealkylation sites (N-methyl/N-ethyl adjacent to an activating group) is 1. The van der Waals surface area contributed by atoms with E-state index in [-0.39, 0.29) is 0 Å². The summed E-state index contributed by atoms with van der Waals surface area (Å²) in [4.78, 5) is 4.67. The summed E-state index contributed by atoms with van der Waals surface area (Å²) in [7, 11) is 4.20. The lowest BCUT2D eigenvalue weighted by molar-refractivity contribution is 0.218. The first-order chi connectivity index (χ1) is 7.41. The summed E-state index contributed by atoms with van der Waals surface area (Å²) in [6.07, 6.45) is 1.71. The van der Waals surface area contributed by atoms with E-state index in [2.05, 4.69) is 37.7 Å². The van der Waals surface area contributed by atoms with E-state index in [0.29, 0.717) is 11.8 Å². The zero-order valence-corrected chi connectivity index (χ0v) is 11.3. The Hall–Kier alpha value is -0.610. The van der Waals surface area contributed by atoms with Crippen molar-refractivity contribution in [3.05, 3.63) is 0 Å². The Labute approximate surface area is 100 Å². The van der Waals surface area contributed by atoms with E-state index in [1.54, 1.807) is 0 Å². The Kier molecular flexibility index (Phi) is 8.21. The molecule has 0 rings (SSSR count). The van der Waals surface area contributed by atoms with Gasteiger partial charge in [-0.05, 0) is 33.0 Å². The normalized spacial score (nSPS) is 11.7. The molecule has 0 atom stereocenters. The third-order valence-electron chi connectivity index (χ3n) is 2.41. The van der Waals surface area contributed by atoms with Gasteiger partial charge < -0.3 is 15.5 Å². The molecule has 0 saturated heterocycles. The fourth-order valence-corrected chi connectivity index (χ4v) is 1.65. The van der Waals surface area contributed by atoms with Gasteiger partial charge >= 0.3 is 0 Å². The average Bonchev–Trinajstić information content (AvgIpc) is 2.12. The first-order valence-corrected chi connectivity index (χ1v) is 6.11. The molecule has 0 bridgehead atoms. The molecule has 3 N–H and O–H groups in total. The lowest BCUT2D eigenvalue weighted by Gasteiger charge is -2.25. The number of hydrogen-bond donors (Lipinski definition) is 2. The van der Waals surface area contributed by atoms with Gasteiger partial charge in [-0.25, -0.2) is 0 Å². The Morgan fingerprint density at radius 3 is 2.25 bits per heavy atom. The van der Waals surface area contributed by atoms with Crippen LogP contribution >= 0.6 is 0 Å². The van der Waals surface area contributed by atoms with Crippen LogP contribution in [0, 0.1) is 11.3 Å². The van der Waals surface area contributed by atoms with E-state index in [1.807, 2.05) is 0 Å². The van der Waals surface area contributed by atoms with Crippen molar-refractivity contribution in [1.82, 2.24) is 9.80 Å². The maximum atomic E-state index is 7.20. The van der Waals surface area contributed by atoms with Crippen LogP contribution in [0.15, 0.2) is 0 Å². The molecule has 0 aliphatic rings. The standard InChI is InChI=1S/C12H28N4/c1-11(2)10-16(9-8-15(3)4)7-5-6-12(13)14/h11H,5-10H2,1-4H3,(H3,13,14). The van der Waals surface area contributed by atoms with Crippen molar-refractivity contribution in [1.29, 1.82) is 5.41 Å². The van der Waals surface area contributed by atoms with Crippen molar-refractivity contribution in [3.63, 3.8) is 0 Å². The van der Waals surface area contributed by atoms with Crippen molar-refractivity contribution in [2.75, 3.05) is 40.3 Å². The molecule has 0 saturated carbocycles. The Morgan fingerprint density at radius 1 is 1.19 bits per heavy atom. The van der Waals surface area contributed by atoms with Crippen LogP contribution in [0.3, 0.4) is 0 Å². The topological polar surface area (TPSA) is 56.4 Å². The smallest absolute Gasteiger partial charge is 0.0905 e. The minimum absolute atomic E-state index is 0.303. The first kappa shape index (κ1) is 15.4. The lowest BCUT2D eigenvalue weighted by Crippen LogP contribution is -2.35. The van der Waals surface area contributed by atoms with Crippen LogP contribution in [0.2, 0.25) is 0 Å². The second-order valence-corrected chi connectivity index (χ2v) is 5.13. The third kappa shape index (κ3) is 9.93. The molecule has 4 nitrogen and oxygen atoms in total. The summed E-state index contributed by atoms with van der Waals surface area (Å²) < 4.78 is 0. The van der Waals surface area contributed by atoms with Gasteiger partial charge in [0.15, 0.2) is 0 Å². The maximum Gasteiger partial charge on any atom is 0.0905 e. The molecular weight excluding hydrogens is 200 g/mol. The van der Waals surface area contributed by atoms with Crippen LogP contribution in [-0.2, 0) is 0 Å². The number of rotatable bonds is 9. The highest BCUT2D eigenvalue weighted by Gasteiger charge is 2.07. The summed E-state index contributed by atoms with van der Waals surface area (Å²) in [6, 6.07) is 0. The van der Waals surface area contributed by atoms with Crippen molar-refractivity contribution in [2.24, 2.45) is 11.7 Å². The Bertz CT molecular complexity index is 189. The van der Waals surface area contributed by atoms with Gasteiger partial charge in [-0.2, -0.15) is 0 Å². The van der Waals surface area contributed by atoms with E-state index in [1.165, 1.54) is 0 Å². The second-order valence-electron chi connectivity index (χ2n) is 5.13. The molecule has 0 aliphatic heterocycles. The van der Waals surface area contributed by atoms with E-state index in [0.717, 1.165) is 39.0 Å². The summed E-state index contributed by atoms with van der Waals surface area (Å²) in [5, 5.41) is 7.20. The monoisotopic (exact) mass is 228 g/mol. The quantitative estimate of drug-likeness (QED) is 0.461. The second kappa shape index (κ2) is 8.53. The van der Waals surface area contributed by atoms with Gasteiger partial charge in [0.1, 0.15) is 0 Å². The van der Waals surface area contributed by atoms with Crippen LogP contribution in [0.4, 0.5) is 0 Å². The van der Waals surface area contributed by atoms with E-state index in [9.17, 15) is 0 Å². The van der Waals surface area contributed by atoms with Gasteiger partial charge in [0.05, 0.1) is 5.84 Å². The molecule has 0 radical (unpaired) electrons. The van der Waals surface area contributed by atoms with Crippen LogP contribution in [0.1, 0.15) is 26.7 Å². The van der Waals surface area contributed by atoms with Crippen molar-refractivity contribution in [2.45, 2.75) is 26.7 Å². The fourth-order valence-electron chi connectivity index (χ4n) is 1.65. The van der Waals surface area contributed by atoms with Gasteiger partial charge in [-0.1, -0.05) is 13.8 Å². The molecule has 0 aromatic heterocycles. The zero-order valence-electron chi connectivity index (χ0n) is 11.3. The lowest BCUT2D eigenvalue weighted by atomic mass is 10.2. The number of nitrogens with zero attached hydrogens (tertiary/aromatic N) is 2. The average molecular weight is 228 g/mol. The minimum atomic E-state index is 0.303. The zero-order chi connectivity index (χ0) is 12.6. The predicted molar refractivity (Wildman–Crippen MR) is 71.0 cm³/mol. The highest BCUT2D eigenvalue weighted by atomic mass is 15.2. The van der Waals surface area contributed by atoms with Crippen LogP contribution in [0.5, 0.6) is 0 Å². The fraction of sp³-hybridized carbons (Fsp3) is 0.917. The maximum absolute atomic E-state index is 7.20. The van der Waals surface area contributed by atoms with Gasteiger partial charge in [-0.15, -0.1) is 0 Å². The molecule has 0 spiro atoms. The summed E-state index contributed by atoms with van der Waals surface area (Å²) in [5.41, 5.74) is 5.36. The molecule has 0 aromatic rings. The van der Waals surface area contributed by atoms with Crippen LogP contribution < -0.4 is 5.73 Å². The summed E-state index contributed by atoms with van der Waals surface area (Å²) >= 11 is 0. The molecule has 0 aliphatic carbocycles. The van der Waals surface area contributed by atoms with Gasteiger partial charge in [0.25, 0.3) is 0 Å². The van der Waals surface area contributed by atoms with Crippen LogP contribution in [-0.4, -0.2) is 55.9 Å². The van der Waals surface area contributed by atoms with Gasteiger partial charge in [0.2, 0.25) is 0 Å². The molecule has 16 heavy (non-hydrogen) atoms. The SMILES string of the molecule is CC(C)CN(CCCC(=N)N)CCN(C)C. The number of nitrogens with one attached hydrogen (secondary N) is 1.